The largest absolute Gasteiger partial charge is 0.378 e. The van der Waals surface area contributed by atoms with Crippen LogP contribution >= 0.6 is 12.6 Å². The van der Waals surface area contributed by atoms with Crippen molar-refractivity contribution in [3.63, 3.8) is 0 Å². The van der Waals surface area contributed by atoms with E-state index in [4.69, 9.17) is 10.5 Å². The van der Waals surface area contributed by atoms with Gasteiger partial charge in [0.2, 0.25) is 5.91 Å². The second-order valence-electron chi connectivity index (χ2n) is 6.09. The van der Waals surface area contributed by atoms with Crippen molar-refractivity contribution in [2.45, 2.75) is 0 Å². The summed E-state index contributed by atoms with van der Waals surface area (Å²) in [5.74, 6) is 0.281. The van der Waals surface area contributed by atoms with E-state index in [9.17, 15) is 4.79 Å². The second-order valence-corrected chi connectivity index (χ2v) is 6.55. The molecule has 27 heavy (non-hydrogen) atoms. The number of carbonyl (C=O) groups excluding carboxylic acids is 1. The van der Waals surface area contributed by atoms with E-state index in [1.807, 2.05) is 18.2 Å². The highest BCUT2D eigenvalue weighted by Gasteiger charge is 2.13. The SMILES string of the molecule is NC(=O)/C=C(\S)n1ncc2cc(-c3cnc(N4CCOCC4)cn3)ccc21. The number of nitrogens with zero attached hydrogens (tertiary/aromatic N) is 5. The average molecular weight is 382 g/mol. The molecule has 138 valence electrons. The molecule has 2 N–H and O–H groups in total. The topological polar surface area (TPSA) is 99.2 Å². The quantitative estimate of drug-likeness (QED) is 0.525. The number of hydrogen-bond acceptors (Lipinski definition) is 7. The van der Waals surface area contributed by atoms with Gasteiger partial charge in [0.15, 0.2) is 0 Å². The number of hydrogen-bond donors (Lipinski definition) is 2. The van der Waals surface area contributed by atoms with Gasteiger partial charge in [-0.2, -0.15) is 5.10 Å². The van der Waals surface area contributed by atoms with Crippen LogP contribution in [0.5, 0.6) is 0 Å². The molecule has 1 aromatic carbocycles. The minimum atomic E-state index is -0.573. The fraction of sp³-hybridized carbons (Fsp3) is 0.222. The fourth-order valence-corrected chi connectivity index (χ4v) is 3.28. The first-order valence-electron chi connectivity index (χ1n) is 8.45. The molecular weight excluding hydrogens is 364 g/mol. The number of amides is 1. The van der Waals surface area contributed by atoms with Gasteiger partial charge in [0, 0.05) is 30.1 Å². The molecule has 1 fully saturated rings. The first kappa shape index (κ1) is 17.5. The zero-order valence-electron chi connectivity index (χ0n) is 14.4. The Morgan fingerprint density at radius 2 is 2.00 bits per heavy atom. The monoisotopic (exact) mass is 382 g/mol. The summed E-state index contributed by atoms with van der Waals surface area (Å²) in [4.78, 5) is 22.3. The Bertz CT molecular complexity index is 1010. The van der Waals surface area contributed by atoms with Crippen molar-refractivity contribution in [3.8, 4) is 11.3 Å². The van der Waals surface area contributed by atoms with Crippen molar-refractivity contribution in [2.75, 3.05) is 31.2 Å². The van der Waals surface area contributed by atoms with Crippen LogP contribution in [0.2, 0.25) is 0 Å². The summed E-state index contributed by atoms with van der Waals surface area (Å²) in [5.41, 5.74) is 7.71. The number of anilines is 1. The Hall–Kier alpha value is -2.91. The molecule has 8 nitrogen and oxygen atoms in total. The Kier molecular flexibility index (Phi) is 4.78. The van der Waals surface area contributed by atoms with Crippen LogP contribution in [-0.4, -0.2) is 52.0 Å². The maximum atomic E-state index is 11.1. The highest BCUT2D eigenvalue weighted by molar-refractivity contribution is 7.90. The highest BCUT2D eigenvalue weighted by atomic mass is 32.1. The normalized spacial score (nSPS) is 15.3. The number of aromatic nitrogens is 4. The molecule has 1 saturated heterocycles. The molecule has 3 aromatic rings. The van der Waals surface area contributed by atoms with Crippen molar-refractivity contribution in [1.82, 2.24) is 19.7 Å². The Morgan fingerprint density at radius 3 is 2.70 bits per heavy atom. The van der Waals surface area contributed by atoms with Gasteiger partial charge in [0.05, 0.1) is 43.0 Å². The van der Waals surface area contributed by atoms with Crippen LogP contribution in [0.4, 0.5) is 5.82 Å². The molecular formula is C18H18N6O2S. The lowest BCUT2D eigenvalue weighted by Gasteiger charge is -2.27. The zero-order valence-corrected chi connectivity index (χ0v) is 15.3. The van der Waals surface area contributed by atoms with Crippen molar-refractivity contribution < 1.29 is 9.53 Å². The van der Waals surface area contributed by atoms with E-state index in [0.29, 0.717) is 18.2 Å². The number of nitrogens with two attached hydrogens (primary N) is 1. The molecule has 0 spiro atoms. The number of ether oxygens (including phenoxy) is 1. The van der Waals surface area contributed by atoms with Gasteiger partial charge in [-0.3, -0.25) is 9.78 Å². The molecule has 9 heteroatoms. The predicted octanol–water partition coefficient (Wildman–Crippen LogP) is 1.54. The number of carbonyl (C=O) groups is 1. The van der Waals surface area contributed by atoms with E-state index in [2.05, 4.69) is 32.6 Å². The number of benzene rings is 1. The molecule has 1 aliphatic rings. The van der Waals surface area contributed by atoms with E-state index in [1.165, 1.54) is 6.08 Å². The van der Waals surface area contributed by atoms with Crippen LogP contribution in [0.3, 0.4) is 0 Å². The summed E-state index contributed by atoms with van der Waals surface area (Å²) in [6, 6.07) is 5.81. The second kappa shape index (κ2) is 7.37. The van der Waals surface area contributed by atoms with E-state index < -0.39 is 5.91 Å². The maximum Gasteiger partial charge on any atom is 0.244 e. The molecule has 0 atom stereocenters. The molecule has 4 rings (SSSR count). The van der Waals surface area contributed by atoms with E-state index in [-0.39, 0.29) is 0 Å². The predicted molar refractivity (Wildman–Crippen MR) is 106 cm³/mol. The summed E-state index contributed by atoms with van der Waals surface area (Å²) in [6.45, 7) is 3.07. The lowest BCUT2D eigenvalue weighted by Crippen LogP contribution is -2.36. The van der Waals surface area contributed by atoms with Crippen molar-refractivity contribution in [2.24, 2.45) is 5.73 Å². The Labute approximate surface area is 161 Å². The summed E-state index contributed by atoms with van der Waals surface area (Å²) in [5, 5.41) is 5.53. The third-order valence-corrected chi connectivity index (χ3v) is 4.64. The number of rotatable bonds is 4. The van der Waals surface area contributed by atoms with Gasteiger partial charge in [-0.05, 0) is 12.1 Å². The smallest absolute Gasteiger partial charge is 0.244 e. The minimum Gasteiger partial charge on any atom is -0.378 e. The number of thiol groups is 1. The summed E-state index contributed by atoms with van der Waals surface area (Å²) >= 11 is 4.28. The first-order valence-corrected chi connectivity index (χ1v) is 8.90. The zero-order chi connectivity index (χ0) is 18.8. The molecule has 0 radical (unpaired) electrons. The third kappa shape index (κ3) is 3.64. The maximum absolute atomic E-state index is 11.1. The molecule has 0 aliphatic carbocycles. The average Bonchev–Trinajstić information content (AvgIpc) is 3.12. The highest BCUT2D eigenvalue weighted by Crippen LogP contribution is 2.25. The van der Waals surface area contributed by atoms with E-state index >= 15 is 0 Å². The summed E-state index contributed by atoms with van der Waals surface area (Å²) < 4.78 is 6.92. The van der Waals surface area contributed by atoms with E-state index in [1.54, 1.807) is 23.3 Å². The minimum absolute atomic E-state index is 0.361. The molecule has 1 amide bonds. The summed E-state index contributed by atoms with van der Waals surface area (Å²) in [7, 11) is 0. The van der Waals surface area contributed by atoms with Crippen LogP contribution in [-0.2, 0) is 9.53 Å². The molecule has 0 unspecified atom stereocenters. The van der Waals surface area contributed by atoms with Gasteiger partial charge < -0.3 is 15.4 Å². The van der Waals surface area contributed by atoms with Crippen LogP contribution < -0.4 is 10.6 Å². The lowest BCUT2D eigenvalue weighted by atomic mass is 10.1. The molecule has 3 heterocycles. The van der Waals surface area contributed by atoms with Crippen molar-refractivity contribution in [1.29, 1.82) is 0 Å². The lowest BCUT2D eigenvalue weighted by molar-refractivity contribution is -0.113. The van der Waals surface area contributed by atoms with Gasteiger partial charge in [-0.1, -0.05) is 6.07 Å². The standard InChI is InChI=1S/C18H18N6O2S/c19-16(25)8-18(27)24-15-2-1-12(7-13(15)9-22-24)14-10-21-17(11-20-14)23-3-5-26-6-4-23/h1-2,7-11,27H,3-6H2,(H2,19,25)/b18-8-. The summed E-state index contributed by atoms with van der Waals surface area (Å²) in [6.07, 6.45) is 6.49. The Balaban J connectivity index is 1.61. The van der Waals surface area contributed by atoms with Gasteiger partial charge >= 0.3 is 0 Å². The Morgan fingerprint density at radius 1 is 1.19 bits per heavy atom. The van der Waals surface area contributed by atoms with Gasteiger partial charge in [0.1, 0.15) is 10.8 Å². The third-order valence-electron chi connectivity index (χ3n) is 4.33. The van der Waals surface area contributed by atoms with Gasteiger partial charge in [0.25, 0.3) is 0 Å². The van der Waals surface area contributed by atoms with E-state index in [0.717, 1.165) is 41.1 Å². The number of primary amides is 1. The van der Waals surface area contributed by atoms with Gasteiger partial charge in [-0.25, -0.2) is 9.67 Å². The molecule has 0 saturated carbocycles. The first-order chi connectivity index (χ1) is 13.1. The molecule has 1 aliphatic heterocycles. The fourth-order valence-electron chi connectivity index (χ4n) is 2.99. The van der Waals surface area contributed by atoms with Crippen LogP contribution in [0.15, 0.2) is 42.9 Å². The molecule has 0 bridgehead atoms. The van der Waals surface area contributed by atoms with Crippen LogP contribution in [0, 0.1) is 0 Å². The number of fused-ring (bicyclic) bond motifs is 1. The van der Waals surface area contributed by atoms with Gasteiger partial charge in [-0.15, -0.1) is 12.6 Å². The number of morpholine rings is 1. The van der Waals surface area contributed by atoms with Crippen molar-refractivity contribution in [3.05, 3.63) is 42.9 Å². The van der Waals surface area contributed by atoms with Crippen LogP contribution in [0.1, 0.15) is 0 Å². The molecule has 2 aromatic heterocycles. The van der Waals surface area contributed by atoms with Crippen molar-refractivity contribution >= 4 is 40.3 Å². The van der Waals surface area contributed by atoms with Crippen LogP contribution in [0.25, 0.3) is 27.2 Å².